The second kappa shape index (κ2) is 7.92. The molecule has 0 aliphatic carbocycles. The molecule has 0 aromatic carbocycles. The van der Waals surface area contributed by atoms with Crippen molar-refractivity contribution in [1.82, 2.24) is 29.9 Å². The van der Waals surface area contributed by atoms with Gasteiger partial charge in [-0.15, -0.1) is 0 Å². The van der Waals surface area contributed by atoms with E-state index in [2.05, 4.69) is 20.1 Å². The average molecular weight is 350 g/mol. The molecule has 0 radical (unpaired) electrons. The molecule has 138 valence electrons. The summed E-state index contributed by atoms with van der Waals surface area (Å²) in [6, 6.07) is -0.428. The van der Waals surface area contributed by atoms with Gasteiger partial charge in [-0.05, 0) is 19.9 Å². The van der Waals surface area contributed by atoms with Gasteiger partial charge in [0.2, 0.25) is 11.8 Å². The number of nitrogens with zero attached hydrogens (tertiary/aromatic N) is 5. The van der Waals surface area contributed by atoms with Crippen LogP contribution in [0.15, 0.2) is 6.33 Å². The van der Waals surface area contributed by atoms with E-state index in [1.54, 1.807) is 4.90 Å². The van der Waals surface area contributed by atoms with Crippen molar-refractivity contribution in [3.63, 3.8) is 0 Å². The van der Waals surface area contributed by atoms with E-state index in [0.29, 0.717) is 32.1 Å². The molecular weight excluding hydrogens is 324 g/mol. The topological polar surface area (TPSA) is 94.7 Å². The maximum absolute atomic E-state index is 13.0. The second-order valence-corrected chi connectivity index (χ2v) is 6.77. The third-order valence-electron chi connectivity index (χ3n) is 5.08. The van der Waals surface area contributed by atoms with E-state index in [4.69, 9.17) is 4.74 Å². The van der Waals surface area contributed by atoms with Crippen molar-refractivity contribution in [3.8, 4) is 0 Å². The van der Waals surface area contributed by atoms with Crippen LogP contribution in [0.2, 0.25) is 0 Å². The van der Waals surface area contributed by atoms with Crippen LogP contribution in [-0.4, -0.2) is 101 Å². The third-order valence-corrected chi connectivity index (χ3v) is 5.08. The molecule has 2 aliphatic rings. The standard InChI is InChI=1S/C16H26N6O3/c1-20-7-8-22(14(23)10-25-2)13(9-20)16(24)21-5-3-12(4-6-21)15-17-11-18-19-15/h11-13H,3-10H2,1-2H3,(H,17,18,19)/t13-/m1/s1. The highest BCUT2D eigenvalue weighted by atomic mass is 16.5. The maximum atomic E-state index is 13.0. The number of aromatic amines is 1. The molecule has 1 aromatic heterocycles. The van der Waals surface area contributed by atoms with Crippen molar-refractivity contribution in [3.05, 3.63) is 12.2 Å². The van der Waals surface area contributed by atoms with E-state index in [1.807, 2.05) is 11.9 Å². The van der Waals surface area contributed by atoms with Gasteiger partial charge < -0.3 is 19.4 Å². The molecule has 25 heavy (non-hydrogen) atoms. The number of aromatic nitrogens is 3. The minimum Gasteiger partial charge on any atom is -0.375 e. The number of amides is 2. The van der Waals surface area contributed by atoms with Gasteiger partial charge in [0.15, 0.2) is 0 Å². The Morgan fingerprint density at radius 2 is 2.04 bits per heavy atom. The van der Waals surface area contributed by atoms with Crippen molar-refractivity contribution >= 4 is 11.8 Å². The van der Waals surface area contributed by atoms with E-state index < -0.39 is 6.04 Å². The third kappa shape index (κ3) is 3.98. The van der Waals surface area contributed by atoms with Gasteiger partial charge in [0.25, 0.3) is 0 Å². The molecular formula is C16H26N6O3. The number of ether oxygens (including phenoxy) is 1. The van der Waals surface area contributed by atoms with E-state index in [9.17, 15) is 9.59 Å². The summed E-state index contributed by atoms with van der Waals surface area (Å²) >= 11 is 0. The first-order chi connectivity index (χ1) is 12.1. The SMILES string of the molecule is COCC(=O)N1CCN(C)C[C@@H]1C(=O)N1CCC(c2ncn[nH]2)CC1. The molecule has 2 aliphatic heterocycles. The van der Waals surface area contributed by atoms with Crippen LogP contribution in [0.4, 0.5) is 0 Å². The average Bonchev–Trinajstić information content (AvgIpc) is 3.16. The molecule has 0 unspecified atom stereocenters. The predicted molar refractivity (Wildman–Crippen MR) is 89.8 cm³/mol. The number of hydrogen-bond acceptors (Lipinski definition) is 6. The van der Waals surface area contributed by atoms with Gasteiger partial charge in [0, 0.05) is 45.8 Å². The highest BCUT2D eigenvalue weighted by Crippen LogP contribution is 2.26. The van der Waals surface area contributed by atoms with Gasteiger partial charge in [-0.1, -0.05) is 0 Å². The summed E-state index contributed by atoms with van der Waals surface area (Å²) < 4.78 is 4.97. The lowest BCUT2D eigenvalue weighted by atomic mass is 9.95. The highest BCUT2D eigenvalue weighted by Gasteiger charge is 2.37. The molecule has 9 heteroatoms. The summed E-state index contributed by atoms with van der Waals surface area (Å²) in [4.78, 5) is 35.2. The largest absolute Gasteiger partial charge is 0.375 e. The Morgan fingerprint density at radius 1 is 1.28 bits per heavy atom. The number of likely N-dealkylation sites (N-methyl/N-ethyl adjacent to an activating group) is 1. The van der Waals surface area contributed by atoms with Gasteiger partial charge in [0.1, 0.15) is 24.8 Å². The predicted octanol–water partition coefficient (Wildman–Crippen LogP) is -0.700. The number of H-pyrrole nitrogens is 1. The summed E-state index contributed by atoms with van der Waals surface area (Å²) in [6.45, 7) is 3.27. The summed E-state index contributed by atoms with van der Waals surface area (Å²) in [7, 11) is 3.48. The molecule has 0 saturated carbocycles. The number of carbonyl (C=O) groups excluding carboxylic acids is 2. The number of rotatable bonds is 4. The molecule has 3 rings (SSSR count). The second-order valence-electron chi connectivity index (χ2n) is 6.77. The normalized spacial score (nSPS) is 23.0. The number of nitrogens with one attached hydrogen (secondary N) is 1. The van der Waals surface area contributed by atoms with E-state index in [-0.39, 0.29) is 18.4 Å². The summed E-state index contributed by atoms with van der Waals surface area (Å²) in [5, 5.41) is 6.82. The monoisotopic (exact) mass is 350 g/mol. The minimum absolute atomic E-state index is 0.0149. The Hall–Kier alpha value is -2.00. The summed E-state index contributed by atoms with van der Waals surface area (Å²) in [5.41, 5.74) is 0. The fourth-order valence-electron chi connectivity index (χ4n) is 3.63. The van der Waals surface area contributed by atoms with Crippen molar-refractivity contribution in [1.29, 1.82) is 0 Å². The molecule has 2 fully saturated rings. The molecule has 0 bridgehead atoms. The lowest BCUT2D eigenvalue weighted by Gasteiger charge is -2.42. The lowest BCUT2D eigenvalue weighted by Crippen LogP contribution is -2.61. The zero-order valence-corrected chi connectivity index (χ0v) is 14.8. The maximum Gasteiger partial charge on any atom is 0.249 e. The Kier molecular flexibility index (Phi) is 5.64. The van der Waals surface area contributed by atoms with Gasteiger partial charge in [-0.3, -0.25) is 14.7 Å². The van der Waals surface area contributed by atoms with E-state index in [1.165, 1.54) is 13.4 Å². The number of carbonyl (C=O) groups is 2. The molecule has 1 atom stereocenters. The number of hydrogen-bond donors (Lipinski definition) is 1. The Morgan fingerprint density at radius 3 is 2.68 bits per heavy atom. The van der Waals surface area contributed by atoms with Crippen LogP contribution < -0.4 is 0 Å². The van der Waals surface area contributed by atoms with Crippen molar-refractivity contribution in [2.75, 3.05) is 53.5 Å². The van der Waals surface area contributed by atoms with Gasteiger partial charge in [0.05, 0.1) is 0 Å². The summed E-state index contributed by atoms with van der Waals surface area (Å²) in [6.07, 6.45) is 3.23. The van der Waals surface area contributed by atoms with Crippen LogP contribution in [0.5, 0.6) is 0 Å². The zero-order chi connectivity index (χ0) is 17.8. The van der Waals surface area contributed by atoms with E-state index in [0.717, 1.165) is 25.2 Å². The zero-order valence-electron chi connectivity index (χ0n) is 14.8. The van der Waals surface area contributed by atoms with Crippen molar-refractivity contribution in [2.24, 2.45) is 0 Å². The molecule has 9 nitrogen and oxygen atoms in total. The number of piperidine rings is 1. The Balaban J connectivity index is 1.63. The first kappa shape index (κ1) is 17.8. The molecule has 1 N–H and O–H groups in total. The van der Waals surface area contributed by atoms with E-state index >= 15 is 0 Å². The van der Waals surface area contributed by atoms with Crippen molar-refractivity contribution in [2.45, 2.75) is 24.8 Å². The first-order valence-electron chi connectivity index (χ1n) is 8.71. The van der Waals surface area contributed by atoms with Gasteiger partial charge in [-0.25, -0.2) is 4.98 Å². The molecule has 2 amide bonds. The fraction of sp³-hybridized carbons (Fsp3) is 0.750. The smallest absolute Gasteiger partial charge is 0.249 e. The van der Waals surface area contributed by atoms with Crippen LogP contribution in [0.1, 0.15) is 24.6 Å². The minimum atomic E-state index is -0.428. The van der Waals surface area contributed by atoms with Gasteiger partial charge >= 0.3 is 0 Å². The molecule has 3 heterocycles. The number of methoxy groups -OCH3 is 1. The molecule has 1 aromatic rings. The Bertz CT molecular complexity index is 585. The quantitative estimate of drug-likeness (QED) is 0.772. The molecule has 2 saturated heterocycles. The van der Waals surface area contributed by atoms with Crippen LogP contribution >= 0.6 is 0 Å². The fourth-order valence-corrected chi connectivity index (χ4v) is 3.63. The number of likely N-dealkylation sites (tertiary alicyclic amines) is 1. The highest BCUT2D eigenvalue weighted by molar-refractivity contribution is 5.88. The van der Waals surface area contributed by atoms with Crippen LogP contribution in [0, 0.1) is 0 Å². The lowest BCUT2D eigenvalue weighted by molar-refractivity contribution is -0.151. The summed E-state index contributed by atoms with van der Waals surface area (Å²) in [5.74, 6) is 1.12. The van der Waals surface area contributed by atoms with Gasteiger partial charge in [-0.2, -0.15) is 5.10 Å². The number of piperazine rings is 1. The van der Waals surface area contributed by atoms with Crippen LogP contribution in [0.25, 0.3) is 0 Å². The Labute approximate surface area is 147 Å². The molecule has 0 spiro atoms. The van der Waals surface area contributed by atoms with Crippen LogP contribution in [-0.2, 0) is 14.3 Å². The first-order valence-corrected chi connectivity index (χ1v) is 8.71. The van der Waals surface area contributed by atoms with Crippen molar-refractivity contribution < 1.29 is 14.3 Å². The van der Waals surface area contributed by atoms with Crippen LogP contribution in [0.3, 0.4) is 0 Å².